The van der Waals surface area contributed by atoms with Crippen LogP contribution in [0, 0.1) is 6.92 Å². The van der Waals surface area contributed by atoms with E-state index in [0.29, 0.717) is 23.2 Å². The van der Waals surface area contributed by atoms with Gasteiger partial charge in [0.05, 0.1) is 32.9 Å². The smallest absolute Gasteiger partial charge is 0.229 e. The summed E-state index contributed by atoms with van der Waals surface area (Å²) in [6, 6.07) is 13.3. The van der Waals surface area contributed by atoms with E-state index >= 15 is 0 Å². The average molecular weight is 398 g/mol. The van der Waals surface area contributed by atoms with Crippen LogP contribution in [0.3, 0.4) is 0 Å². The van der Waals surface area contributed by atoms with Crippen molar-refractivity contribution in [1.29, 1.82) is 0 Å². The molecule has 0 atom stereocenters. The number of para-hydroxylation sites is 1. The van der Waals surface area contributed by atoms with Crippen molar-refractivity contribution in [2.24, 2.45) is 0 Å². The van der Waals surface area contributed by atoms with Crippen LogP contribution in [-0.2, 0) is 4.79 Å². The Bertz CT molecular complexity index is 955. The number of carbonyl (C=O) groups excluding carboxylic acids is 1. The van der Waals surface area contributed by atoms with E-state index in [-0.39, 0.29) is 12.3 Å². The van der Waals surface area contributed by atoms with Crippen molar-refractivity contribution in [2.75, 3.05) is 26.1 Å². The average Bonchev–Trinajstić information content (AvgIpc) is 3.17. The fourth-order valence-corrected chi connectivity index (χ4v) is 3.35. The van der Waals surface area contributed by atoms with Crippen LogP contribution in [0.25, 0.3) is 11.3 Å². The topological polar surface area (TPSA) is 69.7 Å². The molecule has 1 aromatic heterocycles. The Morgan fingerprint density at radius 1 is 1.07 bits per heavy atom. The van der Waals surface area contributed by atoms with E-state index in [1.807, 2.05) is 54.8 Å². The molecular formula is C21H22N2O4S. The number of aromatic nitrogens is 1. The van der Waals surface area contributed by atoms with Crippen molar-refractivity contribution in [2.45, 2.75) is 13.3 Å². The third-order valence-electron chi connectivity index (χ3n) is 4.11. The van der Waals surface area contributed by atoms with Crippen LogP contribution in [0.4, 0.5) is 5.13 Å². The van der Waals surface area contributed by atoms with E-state index in [1.165, 1.54) is 11.3 Å². The first-order valence-electron chi connectivity index (χ1n) is 8.77. The van der Waals surface area contributed by atoms with Gasteiger partial charge in [-0.25, -0.2) is 4.98 Å². The van der Waals surface area contributed by atoms with Gasteiger partial charge in [0.2, 0.25) is 5.91 Å². The monoisotopic (exact) mass is 398 g/mol. The summed E-state index contributed by atoms with van der Waals surface area (Å²) in [6.07, 6.45) is 0.250. The van der Waals surface area contributed by atoms with Gasteiger partial charge in [-0.3, -0.25) is 4.79 Å². The van der Waals surface area contributed by atoms with Crippen LogP contribution in [0.2, 0.25) is 0 Å². The van der Waals surface area contributed by atoms with E-state index < -0.39 is 0 Å². The number of methoxy groups -OCH3 is 2. The predicted molar refractivity (Wildman–Crippen MR) is 111 cm³/mol. The third kappa shape index (κ3) is 4.80. The number of benzene rings is 2. The molecule has 1 N–H and O–H groups in total. The second-order valence-electron chi connectivity index (χ2n) is 6.02. The highest BCUT2D eigenvalue weighted by Gasteiger charge is 2.11. The molecule has 0 unspecified atom stereocenters. The van der Waals surface area contributed by atoms with E-state index in [1.54, 1.807) is 14.2 Å². The SMILES string of the molecule is COc1ccc(-c2csc(NC(=O)CCOc3ccccc3C)n2)cc1OC. The van der Waals surface area contributed by atoms with Gasteiger partial charge in [-0.2, -0.15) is 0 Å². The summed E-state index contributed by atoms with van der Waals surface area (Å²) in [5.74, 6) is 1.94. The van der Waals surface area contributed by atoms with E-state index in [9.17, 15) is 4.79 Å². The Balaban J connectivity index is 1.57. The lowest BCUT2D eigenvalue weighted by molar-refractivity contribution is -0.116. The minimum Gasteiger partial charge on any atom is -0.493 e. The van der Waals surface area contributed by atoms with Crippen molar-refractivity contribution < 1.29 is 19.0 Å². The molecule has 1 heterocycles. The second-order valence-corrected chi connectivity index (χ2v) is 6.88. The molecule has 3 rings (SSSR count). The van der Waals surface area contributed by atoms with E-state index in [2.05, 4.69) is 10.3 Å². The fraction of sp³-hybridized carbons (Fsp3) is 0.238. The molecule has 0 aliphatic heterocycles. The number of carbonyl (C=O) groups is 1. The highest BCUT2D eigenvalue weighted by molar-refractivity contribution is 7.14. The quantitative estimate of drug-likeness (QED) is 0.603. The number of aryl methyl sites for hydroxylation is 1. The van der Waals surface area contributed by atoms with Crippen molar-refractivity contribution in [1.82, 2.24) is 4.98 Å². The molecule has 146 valence electrons. The molecule has 0 fully saturated rings. The number of ether oxygens (including phenoxy) is 3. The fourth-order valence-electron chi connectivity index (χ4n) is 2.61. The zero-order valence-corrected chi connectivity index (χ0v) is 16.8. The second kappa shape index (κ2) is 9.23. The van der Waals surface area contributed by atoms with Gasteiger partial charge >= 0.3 is 0 Å². The van der Waals surface area contributed by atoms with Gasteiger partial charge in [0.25, 0.3) is 0 Å². The Morgan fingerprint density at radius 3 is 2.61 bits per heavy atom. The molecule has 0 aliphatic rings. The summed E-state index contributed by atoms with van der Waals surface area (Å²) in [4.78, 5) is 16.6. The lowest BCUT2D eigenvalue weighted by Crippen LogP contribution is -2.15. The van der Waals surface area contributed by atoms with Crippen LogP contribution in [-0.4, -0.2) is 31.7 Å². The van der Waals surface area contributed by atoms with Crippen LogP contribution in [0.5, 0.6) is 17.2 Å². The molecule has 0 radical (unpaired) electrons. The highest BCUT2D eigenvalue weighted by atomic mass is 32.1. The van der Waals surface area contributed by atoms with Gasteiger partial charge in [0.1, 0.15) is 5.75 Å². The Kier molecular flexibility index (Phi) is 6.49. The normalized spacial score (nSPS) is 10.4. The van der Waals surface area contributed by atoms with Crippen molar-refractivity contribution in [3.05, 3.63) is 53.4 Å². The van der Waals surface area contributed by atoms with Gasteiger partial charge in [-0.1, -0.05) is 18.2 Å². The number of amides is 1. The van der Waals surface area contributed by atoms with Crippen LogP contribution < -0.4 is 19.5 Å². The molecule has 1 amide bonds. The first-order chi connectivity index (χ1) is 13.6. The third-order valence-corrected chi connectivity index (χ3v) is 4.87. The minimum atomic E-state index is -0.137. The molecule has 0 saturated carbocycles. The molecule has 28 heavy (non-hydrogen) atoms. The van der Waals surface area contributed by atoms with E-state index in [4.69, 9.17) is 14.2 Å². The molecule has 2 aromatic carbocycles. The summed E-state index contributed by atoms with van der Waals surface area (Å²) in [7, 11) is 3.18. The van der Waals surface area contributed by atoms with Gasteiger partial charge < -0.3 is 19.5 Å². The first-order valence-corrected chi connectivity index (χ1v) is 9.65. The molecular weight excluding hydrogens is 376 g/mol. The molecule has 3 aromatic rings. The van der Waals surface area contributed by atoms with Crippen molar-refractivity contribution >= 4 is 22.4 Å². The summed E-state index contributed by atoms with van der Waals surface area (Å²) in [5.41, 5.74) is 2.69. The zero-order chi connectivity index (χ0) is 19.9. The summed E-state index contributed by atoms with van der Waals surface area (Å²) in [5, 5.41) is 5.25. The number of anilines is 1. The Hall–Kier alpha value is -3.06. The first kappa shape index (κ1) is 19.7. The Labute approximate surface area is 168 Å². The molecule has 0 bridgehead atoms. The molecule has 6 nitrogen and oxygen atoms in total. The highest BCUT2D eigenvalue weighted by Crippen LogP contribution is 2.33. The van der Waals surface area contributed by atoms with Gasteiger partial charge in [-0.05, 0) is 36.8 Å². The molecule has 0 saturated heterocycles. The predicted octanol–water partition coefficient (Wildman–Crippen LogP) is 4.54. The number of hydrogen-bond acceptors (Lipinski definition) is 6. The van der Waals surface area contributed by atoms with Gasteiger partial charge in [-0.15, -0.1) is 11.3 Å². The van der Waals surface area contributed by atoms with Crippen LogP contribution in [0.1, 0.15) is 12.0 Å². The maximum absolute atomic E-state index is 12.2. The van der Waals surface area contributed by atoms with Gasteiger partial charge in [0.15, 0.2) is 16.6 Å². The lowest BCUT2D eigenvalue weighted by atomic mass is 10.1. The van der Waals surface area contributed by atoms with Crippen LogP contribution in [0.15, 0.2) is 47.8 Å². The maximum Gasteiger partial charge on any atom is 0.229 e. The zero-order valence-electron chi connectivity index (χ0n) is 16.0. The molecule has 0 spiro atoms. The van der Waals surface area contributed by atoms with Crippen LogP contribution >= 0.6 is 11.3 Å². The molecule has 7 heteroatoms. The number of nitrogens with one attached hydrogen (secondary N) is 1. The number of nitrogens with zero attached hydrogens (tertiary/aromatic N) is 1. The minimum absolute atomic E-state index is 0.137. The molecule has 0 aliphatic carbocycles. The number of thiazole rings is 1. The summed E-state index contributed by atoms with van der Waals surface area (Å²) in [6.45, 7) is 2.28. The standard InChI is InChI=1S/C21H22N2O4S/c1-14-6-4-5-7-17(14)27-11-10-20(24)23-21-22-16(13-28-21)15-8-9-18(25-2)19(12-15)26-3/h4-9,12-13H,10-11H2,1-3H3,(H,22,23,24). The number of hydrogen-bond donors (Lipinski definition) is 1. The maximum atomic E-state index is 12.2. The summed E-state index contributed by atoms with van der Waals surface area (Å²) < 4.78 is 16.2. The van der Waals surface area contributed by atoms with Crippen molar-refractivity contribution in [3.63, 3.8) is 0 Å². The Morgan fingerprint density at radius 2 is 1.86 bits per heavy atom. The summed E-state index contributed by atoms with van der Waals surface area (Å²) >= 11 is 1.37. The van der Waals surface area contributed by atoms with E-state index in [0.717, 1.165) is 22.6 Å². The number of rotatable bonds is 8. The largest absolute Gasteiger partial charge is 0.493 e. The van der Waals surface area contributed by atoms with Gasteiger partial charge in [0, 0.05) is 10.9 Å². The lowest BCUT2D eigenvalue weighted by Gasteiger charge is -2.08. The van der Waals surface area contributed by atoms with Crippen molar-refractivity contribution in [3.8, 4) is 28.5 Å².